The summed E-state index contributed by atoms with van der Waals surface area (Å²) < 4.78 is 22.2. The molecule has 0 fully saturated rings. The summed E-state index contributed by atoms with van der Waals surface area (Å²) in [6.07, 6.45) is 0. The van der Waals surface area contributed by atoms with Crippen LogP contribution < -0.4 is 20.2 Å². The van der Waals surface area contributed by atoms with Gasteiger partial charge in [0.2, 0.25) is 11.2 Å². The van der Waals surface area contributed by atoms with Crippen molar-refractivity contribution in [3.05, 3.63) is 74.3 Å². The van der Waals surface area contributed by atoms with E-state index in [-0.39, 0.29) is 18.1 Å². The maximum absolute atomic E-state index is 13.4. The molecule has 2 aromatic heterocycles. The SMILES string of the molecule is CCOC(=O)c1c(NC(=O)COc2c(-c3ccc(OC)cc3)oc3cc(C)ccc3c2=O)sc(C)c1C. The second-order valence-electron chi connectivity index (χ2n) is 8.36. The lowest BCUT2D eigenvalue weighted by Gasteiger charge is -2.13. The Bertz CT molecular complexity index is 1530. The molecule has 0 bridgehead atoms. The minimum absolute atomic E-state index is 0.0826. The van der Waals surface area contributed by atoms with Crippen LogP contribution in [0.2, 0.25) is 0 Å². The second kappa shape index (κ2) is 10.9. The van der Waals surface area contributed by atoms with E-state index >= 15 is 0 Å². The zero-order valence-electron chi connectivity index (χ0n) is 21.2. The van der Waals surface area contributed by atoms with Crippen LogP contribution in [0.15, 0.2) is 51.7 Å². The maximum atomic E-state index is 13.4. The van der Waals surface area contributed by atoms with Crippen LogP contribution in [0.4, 0.5) is 5.00 Å². The smallest absolute Gasteiger partial charge is 0.341 e. The number of amides is 1. The first-order chi connectivity index (χ1) is 17.7. The van der Waals surface area contributed by atoms with E-state index in [2.05, 4.69) is 5.32 Å². The van der Waals surface area contributed by atoms with Crippen LogP contribution in [0.3, 0.4) is 0 Å². The average Bonchev–Trinajstić information content (AvgIpc) is 3.15. The third-order valence-electron chi connectivity index (χ3n) is 5.82. The third kappa shape index (κ3) is 5.36. The number of anilines is 1. The standard InChI is InChI=1S/C28H27NO7S/c1-6-34-28(32)23-16(3)17(4)37-27(23)29-22(30)14-35-26-24(31)20-12-7-15(2)13-21(20)36-25(26)18-8-10-19(33-5)11-9-18/h7-13H,6,14H2,1-5H3,(H,29,30). The summed E-state index contributed by atoms with van der Waals surface area (Å²) in [7, 11) is 1.56. The minimum atomic E-state index is -0.532. The average molecular weight is 522 g/mol. The highest BCUT2D eigenvalue weighted by molar-refractivity contribution is 7.16. The first-order valence-corrected chi connectivity index (χ1v) is 12.5. The molecule has 4 aromatic rings. The van der Waals surface area contributed by atoms with Crippen molar-refractivity contribution in [1.29, 1.82) is 0 Å². The highest BCUT2D eigenvalue weighted by Crippen LogP contribution is 2.34. The van der Waals surface area contributed by atoms with Gasteiger partial charge in [0.1, 0.15) is 16.3 Å². The fourth-order valence-corrected chi connectivity index (χ4v) is 4.88. The Labute approximate surface area is 217 Å². The van der Waals surface area contributed by atoms with E-state index in [1.54, 1.807) is 63.4 Å². The molecule has 0 aliphatic rings. The van der Waals surface area contributed by atoms with Crippen LogP contribution in [-0.4, -0.2) is 32.2 Å². The summed E-state index contributed by atoms with van der Waals surface area (Å²) in [6.45, 7) is 7.03. The number of esters is 1. The van der Waals surface area contributed by atoms with E-state index < -0.39 is 23.9 Å². The molecular formula is C28H27NO7S. The number of hydrogen-bond donors (Lipinski definition) is 1. The summed E-state index contributed by atoms with van der Waals surface area (Å²) in [5.74, 6) is -0.276. The molecule has 0 aliphatic heterocycles. The molecule has 2 aromatic carbocycles. The van der Waals surface area contributed by atoms with Crippen LogP contribution in [0.5, 0.6) is 11.5 Å². The molecule has 0 radical (unpaired) electrons. The molecule has 0 saturated carbocycles. The van der Waals surface area contributed by atoms with Crippen LogP contribution in [0.1, 0.15) is 33.3 Å². The fraction of sp³-hybridized carbons (Fsp3) is 0.250. The van der Waals surface area contributed by atoms with Gasteiger partial charge in [-0.15, -0.1) is 11.3 Å². The predicted octanol–water partition coefficient (Wildman–Crippen LogP) is 5.65. The van der Waals surface area contributed by atoms with Crippen LogP contribution in [-0.2, 0) is 9.53 Å². The summed E-state index contributed by atoms with van der Waals surface area (Å²) in [6, 6.07) is 12.2. The Kier molecular flexibility index (Phi) is 7.63. The van der Waals surface area contributed by atoms with Crippen molar-refractivity contribution in [2.75, 3.05) is 25.6 Å². The number of methoxy groups -OCH3 is 1. The van der Waals surface area contributed by atoms with Gasteiger partial charge in [-0.1, -0.05) is 6.07 Å². The Balaban J connectivity index is 1.66. The summed E-state index contributed by atoms with van der Waals surface area (Å²) >= 11 is 1.27. The highest BCUT2D eigenvalue weighted by Gasteiger charge is 2.23. The molecule has 192 valence electrons. The molecule has 8 nitrogen and oxygen atoms in total. The molecule has 4 rings (SSSR count). The number of rotatable bonds is 8. The topological polar surface area (TPSA) is 104 Å². The Morgan fingerprint density at radius 3 is 2.46 bits per heavy atom. The number of hydrogen-bond acceptors (Lipinski definition) is 8. The predicted molar refractivity (Wildman–Crippen MR) is 143 cm³/mol. The zero-order valence-corrected chi connectivity index (χ0v) is 22.0. The molecule has 0 saturated heterocycles. The minimum Gasteiger partial charge on any atom is -0.497 e. The molecule has 1 amide bonds. The normalized spacial score (nSPS) is 10.8. The molecule has 0 spiro atoms. The number of nitrogens with one attached hydrogen (secondary N) is 1. The number of benzene rings is 2. The van der Waals surface area contributed by atoms with Crippen LogP contribution in [0, 0.1) is 20.8 Å². The highest BCUT2D eigenvalue weighted by atomic mass is 32.1. The van der Waals surface area contributed by atoms with E-state index in [4.69, 9.17) is 18.6 Å². The van der Waals surface area contributed by atoms with E-state index in [9.17, 15) is 14.4 Å². The Morgan fingerprint density at radius 2 is 1.78 bits per heavy atom. The first kappa shape index (κ1) is 26.0. The molecule has 9 heteroatoms. The van der Waals surface area contributed by atoms with Gasteiger partial charge in [0, 0.05) is 10.4 Å². The third-order valence-corrected chi connectivity index (χ3v) is 6.95. The maximum Gasteiger partial charge on any atom is 0.341 e. The van der Waals surface area contributed by atoms with Crippen LogP contribution in [0.25, 0.3) is 22.3 Å². The monoisotopic (exact) mass is 521 g/mol. The zero-order chi connectivity index (χ0) is 26.7. The first-order valence-electron chi connectivity index (χ1n) is 11.6. The van der Waals surface area contributed by atoms with E-state index in [1.807, 2.05) is 13.8 Å². The quantitative estimate of drug-likeness (QED) is 0.299. The molecule has 2 heterocycles. The van der Waals surface area contributed by atoms with Gasteiger partial charge in [0.15, 0.2) is 12.4 Å². The number of carbonyl (C=O) groups is 2. The van der Waals surface area contributed by atoms with Crippen molar-refractivity contribution in [3.8, 4) is 22.8 Å². The number of fused-ring (bicyclic) bond motifs is 1. The largest absolute Gasteiger partial charge is 0.497 e. The van der Waals surface area contributed by atoms with Gasteiger partial charge in [0.05, 0.1) is 24.7 Å². The van der Waals surface area contributed by atoms with Gasteiger partial charge >= 0.3 is 5.97 Å². The number of thiophene rings is 1. The lowest BCUT2D eigenvalue weighted by Crippen LogP contribution is -2.23. The molecule has 0 atom stereocenters. The van der Waals surface area contributed by atoms with E-state index in [0.717, 1.165) is 16.0 Å². The van der Waals surface area contributed by atoms with E-state index in [0.29, 0.717) is 32.8 Å². The summed E-state index contributed by atoms with van der Waals surface area (Å²) in [4.78, 5) is 39.6. The molecular weight excluding hydrogens is 494 g/mol. The van der Waals surface area contributed by atoms with Gasteiger partial charge in [-0.2, -0.15) is 0 Å². The Hall–Kier alpha value is -4.11. The van der Waals surface area contributed by atoms with Gasteiger partial charge < -0.3 is 23.9 Å². The molecule has 1 N–H and O–H groups in total. The van der Waals surface area contributed by atoms with Crippen molar-refractivity contribution < 1.29 is 28.2 Å². The van der Waals surface area contributed by atoms with Gasteiger partial charge in [-0.05, 0) is 75.2 Å². The fourth-order valence-electron chi connectivity index (χ4n) is 3.81. The summed E-state index contributed by atoms with van der Waals surface area (Å²) in [5, 5.41) is 3.44. The molecule has 37 heavy (non-hydrogen) atoms. The van der Waals surface area contributed by atoms with Crippen molar-refractivity contribution in [1.82, 2.24) is 0 Å². The number of carbonyl (C=O) groups excluding carboxylic acids is 2. The van der Waals surface area contributed by atoms with Crippen LogP contribution >= 0.6 is 11.3 Å². The van der Waals surface area contributed by atoms with Gasteiger partial charge in [-0.25, -0.2) is 4.79 Å². The summed E-state index contributed by atoms with van der Waals surface area (Å²) in [5.41, 5.74) is 2.60. The Morgan fingerprint density at radius 1 is 1.05 bits per heavy atom. The van der Waals surface area contributed by atoms with Crippen molar-refractivity contribution >= 4 is 39.2 Å². The second-order valence-corrected chi connectivity index (χ2v) is 9.59. The number of aryl methyl sites for hydroxylation is 2. The van der Waals surface area contributed by atoms with Gasteiger partial charge in [-0.3, -0.25) is 9.59 Å². The molecule has 0 aliphatic carbocycles. The van der Waals surface area contributed by atoms with Gasteiger partial charge in [0.25, 0.3) is 5.91 Å². The molecule has 0 unspecified atom stereocenters. The number of ether oxygens (including phenoxy) is 3. The van der Waals surface area contributed by atoms with Crippen molar-refractivity contribution in [3.63, 3.8) is 0 Å². The lowest BCUT2D eigenvalue weighted by molar-refractivity contribution is -0.118. The van der Waals surface area contributed by atoms with Crippen molar-refractivity contribution in [2.45, 2.75) is 27.7 Å². The lowest BCUT2D eigenvalue weighted by atomic mass is 10.1. The van der Waals surface area contributed by atoms with E-state index in [1.165, 1.54) is 11.3 Å². The van der Waals surface area contributed by atoms with Crippen molar-refractivity contribution in [2.24, 2.45) is 0 Å².